The van der Waals surface area contributed by atoms with Crippen LogP contribution in [-0.4, -0.2) is 48.8 Å². The number of aliphatic hydroxyl groups is 1. The van der Waals surface area contributed by atoms with Crippen LogP contribution in [0.1, 0.15) is 26.2 Å². The highest BCUT2D eigenvalue weighted by atomic mass is 16.3. The molecule has 0 aromatic heterocycles. The first-order chi connectivity index (χ1) is 7.22. The van der Waals surface area contributed by atoms with E-state index in [0.717, 1.165) is 32.6 Å². The molecule has 1 fully saturated rings. The SMILES string of the molecule is C=C(C)CCN(CCO)CC1CCCN1. The summed E-state index contributed by atoms with van der Waals surface area (Å²) in [5, 5.41) is 12.5. The number of hydrogen-bond acceptors (Lipinski definition) is 3. The Morgan fingerprint density at radius 1 is 1.53 bits per heavy atom. The monoisotopic (exact) mass is 212 g/mol. The lowest BCUT2D eigenvalue weighted by molar-refractivity contribution is 0.186. The van der Waals surface area contributed by atoms with Gasteiger partial charge in [-0.2, -0.15) is 0 Å². The molecule has 0 aliphatic carbocycles. The Kier molecular flexibility index (Phi) is 5.91. The molecule has 1 heterocycles. The summed E-state index contributed by atoms with van der Waals surface area (Å²) in [5.41, 5.74) is 1.22. The Labute approximate surface area is 93.2 Å². The lowest BCUT2D eigenvalue weighted by Gasteiger charge is -2.24. The first kappa shape index (κ1) is 12.7. The number of nitrogens with zero attached hydrogens (tertiary/aromatic N) is 1. The van der Waals surface area contributed by atoms with E-state index in [2.05, 4.69) is 23.7 Å². The highest BCUT2D eigenvalue weighted by Gasteiger charge is 2.17. The summed E-state index contributed by atoms with van der Waals surface area (Å²) in [4.78, 5) is 2.33. The Morgan fingerprint density at radius 2 is 2.33 bits per heavy atom. The van der Waals surface area contributed by atoms with Crippen molar-refractivity contribution in [3.63, 3.8) is 0 Å². The van der Waals surface area contributed by atoms with Crippen molar-refractivity contribution in [3.8, 4) is 0 Å². The molecule has 0 saturated carbocycles. The molecular formula is C12H24N2O. The van der Waals surface area contributed by atoms with Crippen LogP contribution in [0.25, 0.3) is 0 Å². The van der Waals surface area contributed by atoms with Crippen molar-refractivity contribution in [2.24, 2.45) is 0 Å². The fourth-order valence-electron chi connectivity index (χ4n) is 2.01. The number of aliphatic hydroxyl groups excluding tert-OH is 1. The van der Waals surface area contributed by atoms with Crippen molar-refractivity contribution in [1.29, 1.82) is 0 Å². The Morgan fingerprint density at radius 3 is 2.87 bits per heavy atom. The van der Waals surface area contributed by atoms with E-state index in [1.807, 2.05) is 0 Å². The minimum absolute atomic E-state index is 0.253. The van der Waals surface area contributed by atoms with Crippen molar-refractivity contribution in [1.82, 2.24) is 10.2 Å². The van der Waals surface area contributed by atoms with Gasteiger partial charge in [0, 0.05) is 25.7 Å². The molecule has 15 heavy (non-hydrogen) atoms. The molecule has 0 radical (unpaired) electrons. The summed E-state index contributed by atoms with van der Waals surface area (Å²) < 4.78 is 0. The second-order valence-corrected chi connectivity index (χ2v) is 4.52. The largest absolute Gasteiger partial charge is 0.395 e. The predicted octanol–water partition coefficient (Wildman–Crippen LogP) is 0.999. The number of rotatable bonds is 7. The summed E-state index contributed by atoms with van der Waals surface area (Å²) >= 11 is 0. The Hall–Kier alpha value is -0.380. The minimum atomic E-state index is 0.253. The van der Waals surface area contributed by atoms with Gasteiger partial charge in [-0.15, -0.1) is 6.58 Å². The van der Waals surface area contributed by atoms with E-state index in [0.29, 0.717) is 6.04 Å². The summed E-state index contributed by atoms with van der Waals surface area (Å²) in [6.07, 6.45) is 3.60. The summed E-state index contributed by atoms with van der Waals surface area (Å²) in [6, 6.07) is 0.627. The van der Waals surface area contributed by atoms with Crippen LogP contribution < -0.4 is 5.32 Å². The molecule has 2 N–H and O–H groups in total. The van der Waals surface area contributed by atoms with Crippen LogP contribution in [0.3, 0.4) is 0 Å². The Balaban J connectivity index is 2.25. The van der Waals surface area contributed by atoms with Gasteiger partial charge < -0.3 is 10.4 Å². The molecule has 0 spiro atoms. The average Bonchev–Trinajstić information content (AvgIpc) is 2.67. The molecule has 3 heteroatoms. The minimum Gasteiger partial charge on any atom is -0.395 e. The summed E-state index contributed by atoms with van der Waals surface area (Å²) in [7, 11) is 0. The van der Waals surface area contributed by atoms with Gasteiger partial charge in [0.1, 0.15) is 0 Å². The third-order valence-corrected chi connectivity index (χ3v) is 2.91. The maximum absolute atomic E-state index is 8.99. The summed E-state index contributed by atoms with van der Waals surface area (Å²) in [5.74, 6) is 0. The molecule has 1 unspecified atom stereocenters. The van der Waals surface area contributed by atoms with E-state index in [1.54, 1.807) is 0 Å². The maximum atomic E-state index is 8.99. The van der Waals surface area contributed by atoms with Gasteiger partial charge in [-0.1, -0.05) is 5.57 Å². The van der Waals surface area contributed by atoms with Crippen molar-refractivity contribution in [2.45, 2.75) is 32.2 Å². The standard InChI is InChI=1S/C12H24N2O/c1-11(2)5-7-14(8-9-15)10-12-4-3-6-13-12/h12-13,15H,1,3-10H2,2H3. The van der Waals surface area contributed by atoms with Crippen LogP contribution in [0.4, 0.5) is 0 Å². The van der Waals surface area contributed by atoms with Gasteiger partial charge in [0.25, 0.3) is 0 Å². The van der Waals surface area contributed by atoms with Gasteiger partial charge in [-0.25, -0.2) is 0 Å². The third kappa shape index (κ3) is 5.30. The molecule has 1 rings (SSSR count). The second-order valence-electron chi connectivity index (χ2n) is 4.52. The van der Waals surface area contributed by atoms with E-state index >= 15 is 0 Å². The van der Waals surface area contributed by atoms with E-state index in [-0.39, 0.29) is 6.61 Å². The predicted molar refractivity (Wildman–Crippen MR) is 64.0 cm³/mol. The van der Waals surface area contributed by atoms with Crippen molar-refractivity contribution in [2.75, 3.05) is 32.8 Å². The molecule has 0 aromatic carbocycles. The fraction of sp³-hybridized carbons (Fsp3) is 0.833. The first-order valence-corrected chi connectivity index (χ1v) is 5.93. The molecule has 1 aliphatic rings. The zero-order valence-electron chi connectivity index (χ0n) is 9.84. The van der Waals surface area contributed by atoms with E-state index in [9.17, 15) is 0 Å². The van der Waals surface area contributed by atoms with E-state index in [1.165, 1.54) is 18.4 Å². The normalized spacial score (nSPS) is 21.1. The van der Waals surface area contributed by atoms with Crippen molar-refractivity contribution < 1.29 is 5.11 Å². The molecule has 1 aliphatic heterocycles. The molecular weight excluding hydrogens is 188 g/mol. The zero-order chi connectivity index (χ0) is 11.1. The smallest absolute Gasteiger partial charge is 0.0558 e. The van der Waals surface area contributed by atoms with Crippen molar-refractivity contribution in [3.05, 3.63) is 12.2 Å². The van der Waals surface area contributed by atoms with Gasteiger partial charge in [-0.3, -0.25) is 4.90 Å². The summed E-state index contributed by atoms with van der Waals surface area (Å²) in [6.45, 7) is 10.2. The molecule has 88 valence electrons. The molecule has 0 amide bonds. The fourth-order valence-corrected chi connectivity index (χ4v) is 2.01. The molecule has 1 atom stereocenters. The second kappa shape index (κ2) is 6.99. The van der Waals surface area contributed by atoms with Crippen LogP contribution in [0.2, 0.25) is 0 Å². The van der Waals surface area contributed by atoms with Crippen LogP contribution in [0.15, 0.2) is 12.2 Å². The van der Waals surface area contributed by atoms with Gasteiger partial charge in [0.15, 0.2) is 0 Å². The highest BCUT2D eigenvalue weighted by Crippen LogP contribution is 2.08. The van der Waals surface area contributed by atoms with Crippen molar-refractivity contribution >= 4 is 0 Å². The third-order valence-electron chi connectivity index (χ3n) is 2.91. The van der Waals surface area contributed by atoms with E-state index in [4.69, 9.17) is 5.11 Å². The highest BCUT2D eigenvalue weighted by molar-refractivity contribution is 4.89. The van der Waals surface area contributed by atoms with Crippen LogP contribution in [0, 0.1) is 0 Å². The molecule has 1 saturated heterocycles. The average molecular weight is 212 g/mol. The van der Waals surface area contributed by atoms with Gasteiger partial charge in [-0.05, 0) is 32.7 Å². The Bertz CT molecular complexity index is 188. The van der Waals surface area contributed by atoms with E-state index < -0.39 is 0 Å². The molecule has 0 bridgehead atoms. The topological polar surface area (TPSA) is 35.5 Å². The molecule has 3 nitrogen and oxygen atoms in total. The quantitative estimate of drug-likeness (QED) is 0.618. The lowest BCUT2D eigenvalue weighted by Crippen LogP contribution is -2.39. The molecule has 0 aromatic rings. The maximum Gasteiger partial charge on any atom is 0.0558 e. The van der Waals surface area contributed by atoms with Crippen LogP contribution in [-0.2, 0) is 0 Å². The van der Waals surface area contributed by atoms with Crippen LogP contribution in [0.5, 0.6) is 0 Å². The van der Waals surface area contributed by atoms with Gasteiger partial charge >= 0.3 is 0 Å². The van der Waals surface area contributed by atoms with Gasteiger partial charge in [0.05, 0.1) is 6.61 Å². The lowest BCUT2D eigenvalue weighted by atomic mass is 10.2. The number of hydrogen-bond donors (Lipinski definition) is 2. The number of nitrogens with one attached hydrogen (secondary N) is 1. The first-order valence-electron chi connectivity index (χ1n) is 5.93. The van der Waals surface area contributed by atoms with Gasteiger partial charge in [0.2, 0.25) is 0 Å². The van der Waals surface area contributed by atoms with Crippen LogP contribution >= 0.6 is 0 Å². The zero-order valence-corrected chi connectivity index (χ0v) is 9.84.